The Kier molecular flexibility index (Phi) is 5.50. The number of ether oxygens (including phenoxy) is 1. The predicted molar refractivity (Wildman–Crippen MR) is 111 cm³/mol. The number of nitrogens with one attached hydrogen (secondary N) is 1. The van der Waals surface area contributed by atoms with Gasteiger partial charge in [-0.05, 0) is 44.0 Å². The van der Waals surface area contributed by atoms with Crippen LogP contribution in [0.25, 0.3) is 0 Å². The van der Waals surface area contributed by atoms with Crippen LogP contribution in [0, 0.1) is 6.92 Å². The van der Waals surface area contributed by atoms with E-state index in [1.54, 1.807) is 46.8 Å². The summed E-state index contributed by atoms with van der Waals surface area (Å²) in [5.74, 6) is 0.893. The van der Waals surface area contributed by atoms with Crippen molar-refractivity contribution in [2.45, 2.75) is 32.2 Å². The van der Waals surface area contributed by atoms with Crippen LogP contribution in [0.4, 0.5) is 11.5 Å². The second-order valence-electron chi connectivity index (χ2n) is 7.65. The number of hydrogen-bond acceptors (Lipinski definition) is 6. The summed E-state index contributed by atoms with van der Waals surface area (Å²) in [6.07, 6.45) is 1.91. The Balaban J connectivity index is 1.35. The van der Waals surface area contributed by atoms with Crippen molar-refractivity contribution in [3.05, 3.63) is 36.0 Å². The molecule has 0 aliphatic carbocycles. The third kappa shape index (κ3) is 4.48. The molecule has 2 aliphatic rings. The molecule has 1 N–H and O–H groups in total. The molecular weight excluding hydrogens is 408 g/mol. The molecule has 1 aromatic heterocycles. The third-order valence-corrected chi connectivity index (χ3v) is 7.02. The molecule has 0 saturated carbocycles. The zero-order chi connectivity index (χ0) is 21.3. The summed E-state index contributed by atoms with van der Waals surface area (Å²) < 4.78 is 30.7. The van der Waals surface area contributed by atoms with E-state index in [2.05, 4.69) is 10.4 Å². The highest BCUT2D eigenvalue weighted by molar-refractivity contribution is 7.91. The van der Waals surface area contributed by atoms with Crippen molar-refractivity contribution in [2.24, 2.45) is 0 Å². The summed E-state index contributed by atoms with van der Waals surface area (Å²) in [7, 11) is -3.06. The predicted octanol–water partition coefficient (Wildman–Crippen LogP) is 1.70. The van der Waals surface area contributed by atoms with Gasteiger partial charge in [-0.2, -0.15) is 5.10 Å². The number of sulfone groups is 1. The smallest absolute Gasteiger partial charge is 0.263 e. The van der Waals surface area contributed by atoms with Gasteiger partial charge in [-0.3, -0.25) is 9.59 Å². The van der Waals surface area contributed by atoms with Crippen LogP contribution in [-0.4, -0.2) is 54.7 Å². The molecule has 1 unspecified atom stereocenters. The highest BCUT2D eigenvalue weighted by Crippen LogP contribution is 2.27. The Bertz CT molecular complexity index is 1060. The van der Waals surface area contributed by atoms with E-state index in [4.69, 9.17) is 4.74 Å². The van der Waals surface area contributed by atoms with Gasteiger partial charge >= 0.3 is 0 Å². The van der Waals surface area contributed by atoms with Gasteiger partial charge in [0.25, 0.3) is 5.91 Å². The van der Waals surface area contributed by atoms with Gasteiger partial charge in [-0.1, -0.05) is 0 Å². The molecule has 160 valence electrons. The van der Waals surface area contributed by atoms with Crippen LogP contribution in [0.2, 0.25) is 0 Å². The zero-order valence-corrected chi connectivity index (χ0v) is 17.5. The molecule has 0 radical (unpaired) electrons. The summed E-state index contributed by atoms with van der Waals surface area (Å²) in [6, 6.07) is 8.49. The van der Waals surface area contributed by atoms with E-state index in [0.717, 1.165) is 18.7 Å². The minimum absolute atomic E-state index is 0.0271. The lowest BCUT2D eigenvalue weighted by Crippen LogP contribution is -2.24. The Morgan fingerprint density at radius 2 is 2.07 bits per heavy atom. The Labute approximate surface area is 174 Å². The van der Waals surface area contributed by atoms with Gasteiger partial charge in [0.1, 0.15) is 11.6 Å². The third-order valence-electron chi connectivity index (χ3n) is 5.27. The average Bonchev–Trinajstić information content (AvgIpc) is 3.39. The summed E-state index contributed by atoms with van der Waals surface area (Å²) in [5, 5.41) is 7.10. The van der Waals surface area contributed by atoms with E-state index in [-0.39, 0.29) is 36.0 Å². The number of carbonyl (C=O) groups is 2. The van der Waals surface area contributed by atoms with Crippen LogP contribution in [0.3, 0.4) is 0 Å². The molecule has 4 rings (SSSR count). The second kappa shape index (κ2) is 8.10. The minimum Gasteiger partial charge on any atom is -0.484 e. The summed E-state index contributed by atoms with van der Waals surface area (Å²) in [6.45, 7) is 2.31. The molecule has 2 amide bonds. The number of anilines is 2. The molecule has 0 spiro atoms. The van der Waals surface area contributed by atoms with Crippen molar-refractivity contribution >= 4 is 33.2 Å². The van der Waals surface area contributed by atoms with Crippen LogP contribution in [0.15, 0.2) is 30.3 Å². The maximum atomic E-state index is 12.4. The number of aryl methyl sites for hydroxylation is 1. The van der Waals surface area contributed by atoms with Crippen molar-refractivity contribution in [3.8, 4) is 5.75 Å². The molecule has 0 bridgehead atoms. The van der Waals surface area contributed by atoms with Gasteiger partial charge in [0.15, 0.2) is 16.4 Å². The first-order valence-electron chi connectivity index (χ1n) is 9.90. The summed E-state index contributed by atoms with van der Waals surface area (Å²) in [4.78, 5) is 25.9. The summed E-state index contributed by atoms with van der Waals surface area (Å²) in [5.41, 5.74) is 1.52. The van der Waals surface area contributed by atoms with E-state index >= 15 is 0 Å². The fraction of sp³-hybridized carbons (Fsp3) is 0.450. The quantitative estimate of drug-likeness (QED) is 0.744. The Morgan fingerprint density at radius 1 is 1.30 bits per heavy atom. The van der Waals surface area contributed by atoms with E-state index in [1.165, 1.54) is 0 Å². The SMILES string of the molecule is Cc1cc(NC(=O)COc2ccc(N3CCCC3=O)cc2)n(C2CCS(=O)(=O)C2)n1. The van der Waals surface area contributed by atoms with Gasteiger partial charge in [0, 0.05) is 24.7 Å². The molecule has 2 saturated heterocycles. The highest BCUT2D eigenvalue weighted by atomic mass is 32.2. The number of hydrogen-bond donors (Lipinski definition) is 1. The van der Waals surface area contributed by atoms with Crippen LogP contribution in [-0.2, 0) is 19.4 Å². The van der Waals surface area contributed by atoms with Crippen molar-refractivity contribution in [1.82, 2.24) is 9.78 Å². The lowest BCUT2D eigenvalue weighted by atomic mass is 10.3. The molecular formula is C20H24N4O5S. The van der Waals surface area contributed by atoms with E-state index in [0.29, 0.717) is 30.1 Å². The molecule has 9 nitrogen and oxygen atoms in total. The largest absolute Gasteiger partial charge is 0.484 e. The first-order valence-corrected chi connectivity index (χ1v) is 11.7. The van der Waals surface area contributed by atoms with Gasteiger partial charge in [0.2, 0.25) is 5.91 Å². The zero-order valence-electron chi connectivity index (χ0n) is 16.7. The number of amides is 2. The Morgan fingerprint density at radius 3 is 2.70 bits per heavy atom. The van der Waals surface area contributed by atoms with E-state index < -0.39 is 9.84 Å². The van der Waals surface area contributed by atoms with Crippen LogP contribution in [0.1, 0.15) is 31.0 Å². The lowest BCUT2D eigenvalue weighted by molar-refractivity contribution is -0.118. The highest BCUT2D eigenvalue weighted by Gasteiger charge is 2.31. The molecule has 10 heteroatoms. The summed E-state index contributed by atoms with van der Waals surface area (Å²) >= 11 is 0. The molecule has 2 fully saturated rings. The number of aromatic nitrogens is 2. The van der Waals surface area contributed by atoms with Crippen LogP contribution >= 0.6 is 0 Å². The minimum atomic E-state index is -3.06. The number of benzene rings is 1. The standard InChI is InChI=1S/C20H24N4O5S/c1-14-11-18(24(22-14)16-8-10-30(27,28)13-16)21-19(25)12-29-17-6-4-15(5-7-17)23-9-2-3-20(23)26/h4-7,11,16H,2-3,8-10,12-13H2,1H3,(H,21,25). The van der Waals surface area contributed by atoms with Crippen molar-refractivity contribution in [2.75, 3.05) is 34.9 Å². The molecule has 2 aliphatic heterocycles. The second-order valence-corrected chi connectivity index (χ2v) is 9.88. The Hall–Kier alpha value is -2.88. The first-order chi connectivity index (χ1) is 14.3. The number of carbonyl (C=O) groups excluding carboxylic acids is 2. The average molecular weight is 433 g/mol. The molecule has 1 atom stereocenters. The maximum absolute atomic E-state index is 12.4. The van der Waals surface area contributed by atoms with E-state index in [9.17, 15) is 18.0 Å². The number of nitrogens with zero attached hydrogens (tertiary/aromatic N) is 3. The normalized spacial score (nSPS) is 20.5. The van der Waals surface area contributed by atoms with Gasteiger partial charge < -0.3 is 15.0 Å². The van der Waals surface area contributed by atoms with Gasteiger partial charge in [-0.15, -0.1) is 0 Å². The van der Waals surface area contributed by atoms with Crippen LogP contribution < -0.4 is 15.0 Å². The molecule has 2 aromatic rings. The fourth-order valence-electron chi connectivity index (χ4n) is 3.83. The topological polar surface area (TPSA) is 111 Å². The fourth-order valence-corrected chi connectivity index (χ4v) is 5.52. The van der Waals surface area contributed by atoms with Crippen molar-refractivity contribution in [3.63, 3.8) is 0 Å². The van der Waals surface area contributed by atoms with Gasteiger partial charge in [-0.25, -0.2) is 13.1 Å². The molecule has 30 heavy (non-hydrogen) atoms. The van der Waals surface area contributed by atoms with Crippen molar-refractivity contribution in [1.29, 1.82) is 0 Å². The van der Waals surface area contributed by atoms with E-state index in [1.807, 2.05) is 0 Å². The van der Waals surface area contributed by atoms with Gasteiger partial charge in [0.05, 0.1) is 23.2 Å². The van der Waals surface area contributed by atoms with Crippen LogP contribution in [0.5, 0.6) is 5.75 Å². The lowest BCUT2D eigenvalue weighted by Gasteiger charge is -2.16. The monoisotopic (exact) mass is 432 g/mol. The number of rotatable bonds is 6. The molecule has 3 heterocycles. The molecule has 1 aromatic carbocycles. The first kappa shape index (κ1) is 20.4. The maximum Gasteiger partial charge on any atom is 0.263 e. The van der Waals surface area contributed by atoms with Crippen molar-refractivity contribution < 1.29 is 22.7 Å².